The highest BCUT2D eigenvalue weighted by Crippen LogP contribution is 2.32. The van der Waals surface area contributed by atoms with Crippen LogP contribution in [0.2, 0.25) is 0 Å². The van der Waals surface area contributed by atoms with Gasteiger partial charge in [0.2, 0.25) is 0 Å². The van der Waals surface area contributed by atoms with Crippen molar-refractivity contribution in [2.24, 2.45) is 5.92 Å². The Bertz CT molecular complexity index is 1750. The molecule has 0 saturated carbocycles. The fraction of sp³-hybridized carbons (Fsp3) is 0.396. The number of benzene rings is 4. The van der Waals surface area contributed by atoms with E-state index in [2.05, 4.69) is 18.2 Å². The molecule has 0 bridgehead atoms. The summed E-state index contributed by atoms with van der Waals surface area (Å²) < 4.78 is 45.5. The van der Waals surface area contributed by atoms with Gasteiger partial charge < -0.3 is 33.2 Å². The number of allylic oxidation sites excluding steroid dienone is 4. The van der Waals surface area contributed by atoms with Crippen molar-refractivity contribution in [1.82, 2.24) is 0 Å². The van der Waals surface area contributed by atoms with Gasteiger partial charge in [-0.2, -0.15) is 0 Å². The van der Waals surface area contributed by atoms with Crippen LogP contribution in [0.5, 0.6) is 0 Å². The maximum absolute atomic E-state index is 13.1. The van der Waals surface area contributed by atoms with Crippen LogP contribution in [0.3, 0.4) is 0 Å². The van der Waals surface area contributed by atoms with Crippen molar-refractivity contribution in [3.63, 3.8) is 0 Å². The highest BCUT2D eigenvalue weighted by Gasteiger charge is 2.49. The van der Waals surface area contributed by atoms with E-state index in [9.17, 15) is 4.79 Å². The van der Waals surface area contributed by atoms with Crippen LogP contribution in [-0.2, 0) is 64.4 Å². The number of hydrogen-bond donors (Lipinski definition) is 0. The Morgan fingerprint density at radius 2 is 1.18 bits per heavy atom. The van der Waals surface area contributed by atoms with Gasteiger partial charge in [0, 0.05) is 0 Å². The molecule has 0 amide bonds. The van der Waals surface area contributed by atoms with Crippen LogP contribution >= 0.6 is 0 Å². The van der Waals surface area contributed by atoms with E-state index in [0.29, 0.717) is 33.0 Å². The lowest BCUT2D eigenvalue weighted by molar-refractivity contribution is -0.329. The largest absolute Gasteiger partial charge is 0.465 e. The fourth-order valence-electron chi connectivity index (χ4n) is 6.81. The van der Waals surface area contributed by atoms with E-state index in [1.165, 1.54) is 5.57 Å². The number of carbonyl (C=O) groups excluding carboxylic acids is 1. The summed E-state index contributed by atoms with van der Waals surface area (Å²) in [6.45, 7) is 3.86. The molecule has 1 aliphatic carbocycles. The molecule has 56 heavy (non-hydrogen) atoms. The van der Waals surface area contributed by atoms with Gasteiger partial charge in [0.25, 0.3) is 0 Å². The summed E-state index contributed by atoms with van der Waals surface area (Å²) in [7, 11) is 0. The predicted octanol–water partition coefficient (Wildman–Crippen LogP) is 9.33. The van der Waals surface area contributed by atoms with E-state index < -0.39 is 36.6 Å². The zero-order chi connectivity index (χ0) is 38.6. The van der Waals surface area contributed by atoms with E-state index in [1.54, 1.807) is 0 Å². The zero-order valence-corrected chi connectivity index (χ0v) is 32.5. The number of esters is 1. The molecule has 0 unspecified atom stereocenters. The molecule has 0 spiro atoms. The molecule has 2 aliphatic rings. The minimum atomic E-state index is -0.893. The van der Waals surface area contributed by atoms with E-state index >= 15 is 0 Å². The topological polar surface area (TPSA) is 81.7 Å². The smallest absolute Gasteiger partial charge is 0.310 e. The summed E-state index contributed by atoms with van der Waals surface area (Å²) in [6, 6.07) is 40.1. The third kappa shape index (κ3) is 13.4. The van der Waals surface area contributed by atoms with E-state index in [4.69, 9.17) is 33.2 Å². The molecule has 6 atom stereocenters. The molecular weight excluding hydrogens is 705 g/mol. The van der Waals surface area contributed by atoms with Crippen LogP contribution in [0.1, 0.15) is 61.3 Å². The van der Waals surface area contributed by atoms with Crippen molar-refractivity contribution < 1.29 is 38.0 Å². The van der Waals surface area contributed by atoms with Crippen molar-refractivity contribution in [1.29, 1.82) is 0 Å². The van der Waals surface area contributed by atoms with Crippen molar-refractivity contribution in [2.75, 3.05) is 19.8 Å². The molecule has 4 aromatic carbocycles. The second-order valence-electron chi connectivity index (χ2n) is 14.5. The molecule has 8 heteroatoms. The van der Waals surface area contributed by atoms with Gasteiger partial charge in [-0.3, -0.25) is 4.79 Å². The van der Waals surface area contributed by atoms with Gasteiger partial charge in [-0.1, -0.05) is 145 Å². The van der Waals surface area contributed by atoms with Gasteiger partial charge in [0.15, 0.2) is 6.29 Å². The Balaban J connectivity index is 1.17. The van der Waals surface area contributed by atoms with Crippen LogP contribution in [0.25, 0.3) is 0 Å². The molecule has 296 valence electrons. The first-order valence-corrected chi connectivity index (χ1v) is 20.0. The summed E-state index contributed by atoms with van der Waals surface area (Å²) in [4.78, 5) is 13.1. The average Bonchev–Trinajstić information content (AvgIpc) is 3.77. The van der Waals surface area contributed by atoms with E-state index in [0.717, 1.165) is 54.4 Å². The van der Waals surface area contributed by atoms with Gasteiger partial charge in [-0.15, -0.1) is 0 Å². The lowest BCUT2D eigenvalue weighted by Crippen LogP contribution is -2.62. The van der Waals surface area contributed by atoms with Crippen molar-refractivity contribution in [3.8, 4) is 0 Å². The van der Waals surface area contributed by atoms with Gasteiger partial charge in [-0.05, 0) is 61.3 Å². The molecule has 6 rings (SSSR count). The van der Waals surface area contributed by atoms with Crippen molar-refractivity contribution in [2.45, 2.75) is 96.2 Å². The molecule has 1 fully saturated rings. The zero-order valence-electron chi connectivity index (χ0n) is 32.5. The number of unbranched alkanes of at least 4 members (excludes halogenated alkanes) is 2. The highest BCUT2D eigenvalue weighted by molar-refractivity contribution is 5.72. The Kier molecular flexibility index (Phi) is 16.9. The normalized spacial score (nSPS) is 21.1. The van der Waals surface area contributed by atoms with Gasteiger partial charge in [0.05, 0.1) is 52.2 Å². The second-order valence-corrected chi connectivity index (χ2v) is 14.5. The molecular formula is C48H56O8. The minimum absolute atomic E-state index is 0.0778. The van der Waals surface area contributed by atoms with E-state index in [1.807, 2.05) is 128 Å². The molecule has 8 nitrogen and oxygen atoms in total. The van der Waals surface area contributed by atoms with Crippen molar-refractivity contribution >= 4 is 5.97 Å². The summed E-state index contributed by atoms with van der Waals surface area (Å²) in [6.07, 6.45) is 8.19. The monoisotopic (exact) mass is 760 g/mol. The lowest BCUT2D eigenvalue weighted by atomic mass is 9.97. The molecule has 4 aromatic rings. The third-order valence-corrected chi connectivity index (χ3v) is 9.99. The van der Waals surface area contributed by atoms with Gasteiger partial charge >= 0.3 is 5.97 Å². The Morgan fingerprint density at radius 3 is 1.73 bits per heavy atom. The molecule has 1 heterocycles. The van der Waals surface area contributed by atoms with Crippen LogP contribution < -0.4 is 0 Å². The molecule has 1 aliphatic heterocycles. The first-order chi connectivity index (χ1) is 27.6. The number of carbonyl (C=O) groups is 1. The minimum Gasteiger partial charge on any atom is -0.465 e. The summed E-state index contributed by atoms with van der Waals surface area (Å²) in [5.41, 5.74) is 5.55. The van der Waals surface area contributed by atoms with Crippen LogP contribution in [0.15, 0.2) is 145 Å². The first kappa shape index (κ1) is 41.2. The Labute approximate surface area is 332 Å². The molecule has 0 aromatic heterocycles. The van der Waals surface area contributed by atoms with Gasteiger partial charge in [0.1, 0.15) is 24.4 Å². The summed E-state index contributed by atoms with van der Waals surface area (Å²) >= 11 is 0. The number of rotatable bonds is 23. The first-order valence-electron chi connectivity index (χ1n) is 20.0. The molecule has 1 saturated heterocycles. The highest BCUT2D eigenvalue weighted by atomic mass is 16.7. The fourth-order valence-corrected chi connectivity index (χ4v) is 6.81. The van der Waals surface area contributed by atoms with Crippen LogP contribution in [0, 0.1) is 5.92 Å². The molecule has 0 radical (unpaired) electrons. The maximum Gasteiger partial charge on any atom is 0.310 e. The van der Waals surface area contributed by atoms with Crippen molar-refractivity contribution in [3.05, 3.63) is 167 Å². The number of ether oxygens (including phenoxy) is 7. The lowest BCUT2D eigenvalue weighted by Gasteiger charge is -2.46. The van der Waals surface area contributed by atoms with Gasteiger partial charge in [-0.25, -0.2) is 0 Å². The quantitative estimate of drug-likeness (QED) is 0.0547. The van der Waals surface area contributed by atoms with Crippen LogP contribution in [-0.4, -0.2) is 56.5 Å². The summed E-state index contributed by atoms with van der Waals surface area (Å²) in [5.74, 6) is -0.819. The Hall–Kier alpha value is -4.41. The second kappa shape index (κ2) is 23.0. The SMILES string of the molecule is C[C@H](CO[C@@H]1O[C@H](COCc2ccccc2)[C@@H](OCc2ccccc2)[C@H](OCc2ccccc2)[C@@H]1OCc1ccccc1)C(=O)OCCCCCC1=CC=CC1. The van der Waals surface area contributed by atoms with E-state index in [-0.39, 0.29) is 19.2 Å². The third-order valence-electron chi connectivity index (χ3n) is 9.99. The maximum atomic E-state index is 13.1. The average molecular weight is 761 g/mol. The molecule has 0 N–H and O–H groups in total. The standard InChI is InChI=1S/C48H56O8/c1-37(47(49)51-30-18-6-15-19-38-20-16-17-21-38)31-55-48-46(54-35-42-28-13-5-14-29-42)45(53-34-41-26-11-4-12-27-41)44(52-33-40-24-9-3-10-25-40)43(56-48)36-50-32-39-22-7-2-8-23-39/h2-5,7-14,16-17,20,22-29,37,43-46,48H,6,15,18-19,21,30-36H2,1H3/t37-,43-,44-,45+,46+,48-/m1/s1. The van der Waals surface area contributed by atoms with Crippen LogP contribution in [0.4, 0.5) is 0 Å². The summed E-state index contributed by atoms with van der Waals surface area (Å²) in [5, 5.41) is 0. The Morgan fingerprint density at radius 1 is 0.643 bits per heavy atom. The predicted molar refractivity (Wildman–Crippen MR) is 216 cm³/mol. The number of hydrogen-bond acceptors (Lipinski definition) is 8.